The van der Waals surface area contributed by atoms with Gasteiger partial charge in [-0.2, -0.15) is 0 Å². The molecule has 0 bridgehead atoms. The first kappa shape index (κ1) is 23.9. The number of rotatable bonds is 4. The molecular formula is C39H31FIrN2O-2. The van der Waals surface area contributed by atoms with Crippen molar-refractivity contribution in [3.05, 3.63) is 156 Å². The third-order valence-electron chi connectivity index (χ3n) is 7.49. The Labute approximate surface area is 279 Å². The smallest absolute Gasteiger partial charge is 0.123 e. The minimum absolute atomic E-state index is 0. The van der Waals surface area contributed by atoms with E-state index in [1.165, 1.54) is 36.5 Å². The molecule has 0 aliphatic rings. The number of nitrogens with zero attached hydrogens (tertiary/aromatic N) is 2. The summed E-state index contributed by atoms with van der Waals surface area (Å²) in [5.74, 6) is -0.230. The Morgan fingerprint density at radius 2 is 1.57 bits per heavy atom. The average Bonchev–Trinajstić information content (AvgIpc) is 3.47. The molecule has 0 N–H and O–H groups in total. The second-order valence-electron chi connectivity index (χ2n) is 10.7. The van der Waals surface area contributed by atoms with E-state index in [-0.39, 0.29) is 42.5 Å². The first-order valence-corrected chi connectivity index (χ1v) is 13.8. The Morgan fingerprint density at radius 1 is 0.773 bits per heavy atom. The monoisotopic (exact) mass is 761 g/mol. The minimum atomic E-state index is -2.18. The molecule has 0 aliphatic heterocycles. The molecule has 0 atom stereocenters. The molecule has 4 aromatic carbocycles. The number of furan rings is 1. The molecule has 0 saturated heterocycles. The normalized spacial score (nSPS) is 13.7. The molecule has 221 valence electrons. The molecule has 3 nitrogen and oxygen atoms in total. The number of aryl methyl sites for hydroxylation is 2. The van der Waals surface area contributed by atoms with Crippen molar-refractivity contribution in [2.45, 2.75) is 33.0 Å². The average molecular weight is 761 g/mol. The fourth-order valence-electron chi connectivity index (χ4n) is 5.01. The summed E-state index contributed by atoms with van der Waals surface area (Å²) in [5, 5.41) is 2.14. The van der Waals surface area contributed by atoms with E-state index in [0.717, 1.165) is 44.3 Å². The molecule has 0 unspecified atom stereocenters. The van der Waals surface area contributed by atoms with Crippen LogP contribution in [0, 0.1) is 31.7 Å². The fourth-order valence-corrected chi connectivity index (χ4v) is 5.01. The van der Waals surface area contributed by atoms with Gasteiger partial charge in [-0.3, -0.25) is 0 Å². The van der Waals surface area contributed by atoms with Gasteiger partial charge in [0.15, 0.2) is 0 Å². The van der Waals surface area contributed by atoms with Gasteiger partial charge in [-0.05, 0) is 59.2 Å². The van der Waals surface area contributed by atoms with Crippen LogP contribution in [0.3, 0.4) is 0 Å². The van der Waals surface area contributed by atoms with Gasteiger partial charge < -0.3 is 14.4 Å². The number of hydrogen-bond donors (Lipinski definition) is 0. The van der Waals surface area contributed by atoms with Gasteiger partial charge in [-0.15, -0.1) is 53.6 Å². The van der Waals surface area contributed by atoms with Crippen LogP contribution in [0.4, 0.5) is 4.39 Å². The van der Waals surface area contributed by atoms with Gasteiger partial charge in [0.05, 0.1) is 5.58 Å². The number of pyridine rings is 2. The number of para-hydroxylation sites is 1. The van der Waals surface area contributed by atoms with E-state index in [1.54, 1.807) is 12.1 Å². The van der Waals surface area contributed by atoms with Gasteiger partial charge >= 0.3 is 0 Å². The third kappa shape index (κ3) is 6.40. The van der Waals surface area contributed by atoms with Crippen LogP contribution in [0.25, 0.3) is 44.5 Å². The van der Waals surface area contributed by atoms with Crippen LogP contribution < -0.4 is 0 Å². The molecule has 7 aromatic rings. The SMILES string of the molecule is CC(C)(c1ccc(F)cc1)c1ccnc(-c2[c-]ccc3c2oc2ccccc23)c1.[2H]C([2H])([2H])c1c[c-]c(-c2ccc(C([2H])([2H])[2H])cn2)cc1.[Ir]. The zero-order valence-corrected chi connectivity index (χ0v) is 26.4. The van der Waals surface area contributed by atoms with Crippen LogP contribution >= 0.6 is 0 Å². The number of fused-ring (bicyclic) bond motifs is 3. The van der Waals surface area contributed by atoms with E-state index in [0.29, 0.717) is 11.3 Å². The quantitative estimate of drug-likeness (QED) is 0.168. The molecule has 44 heavy (non-hydrogen) atoms. The minimum Gasteiger partial charge on any atom is -0.501 e. The predicted octanol–water partition coefficient (Wildman–Crippen LogP) is 10.1. The maximum absolute atomic E-state index is 13.4. The maximum atomic E-state index is 13.4. The largest absolute Gasteiger partial charge is 0.501 e. The van der Waals surface area contributed by atoms with E-state index >= 15 is 0 Å². The summed E-state index contributed by atoms with van der Waals surface area (Å²) < 4.78 is 63.2. The zero-order chi connectivity index (χ0) is 35.0. The van der Waals surface area contributed by atoms with E-state index in [4.69, 9.17) is 12.6 Å². The van der Waals surface area contributed by atoms with Gasteiger partial charge in [-0.25, -0.2) is 4.39 Å². The van der Waals surface area contributed by atoms with Crippen LogP contribution in [-0.4, -0.2) is 9.97 Å². The molecule has 5 heteroatoms. The first-order chi connectivity index (χ1) is 23.2. The molecule has 7 rings (SSSR count). The summed E-state index contributed by atoms with van der Waals surface area (Å²) in [6, 6.07) is 36.5. The van der Waals surface area contributed by atoms with Crippen molar-refractivity contribution in [1.29, 1.82) is 0 Å². The summed E-state index contributed by atoms with van der Waals surface area (Å²) in [5.41, 5.74) is 6.68. The Bertz CT molecular complexity index is 2170. The van der Waals surface area contributed by atoms with Crippen LogP contribution in [0.1, 0.15) is 44.3 Å². The van der Waals surface area contributed by atoms with E-state index < -0.39 is 13.7 Å². The Kier molecular flexibility index (Phi) is 7.10. The van der Waals surface area contributed by atoms with Crippen molar-refractivity contribution in [2.75, 3.05) is 0 Å². The topological polar surface area (TPSA) is 38.9 Å². The van der Waals surface area contributed by atoms with E-state index in [2.05, 4.69) is 48.1 Å². The summed E-state index contributed by atoms with van der Waals surface area (Å²) in [6.07, 6.45) is 3.11. The molecular weight excluding hydrogens is 724 g/mol. The fraction of sp³-hybridized carbons (Fsp3) is 0.128. The number of halogens is 1. The summed E-state index contributed by atoms with van der Waals surface area (Å²) in [4.78, 5) is 8.68. The predicted molar refractivity (Wildman–Crippen MR) is 172 cm³/mol. The first-order valence-electron chi connectivity index (χ1n) is 16.8. The molecule has 0 spiro atoms. The van der Waals surface area contributed by atoms with Crippen molar-refractivity contribution < 1.29 is 37.1 Å². The van der Waals surface area contributed by atoms with Crippen molar-refractivity contribution in [1.82, 2.24) is 9.97 Å². The molecule has 3 heterocycles. The van der Waals surface area contributed by atoms with E-state index in [9.17, 15) is 4.39 Å². The Hall–Kier alpha value is -4.44. The molecule has 1 radical (unpaired) electrons. The van der Waals surface area contributed by atoms with E-state index in [1.807, 2.05) is 54.7 Å². The van der Waals surface area contributed by atoms with Gasteiger partial charge in [-0.1, -0.05) is 80.2 Å². The Balaban J connectivity index is 0.000000204. The molecule has 3 aromatic heterocycles. The van der Waals surface area contributed by atoms with Crippen molar-refractivity contribution in [3.63, 3.8) is 0 Å². The van der Waals surface area contributed by atoms with Crippen LogP contribution in [0.2, 0.25) is 0 Å². The number of benzene rings is 4. The summed E-state index contributed by atoms with van der Waals surface area (Å²) in [6.45, 7) is -0.0798. The van der Waals surface area contributed by atoms with Gasteiger partial charge in [0.2, 0.25) is 0 Å². The molecule has 0 aliphatic carbocycles. The second-order valence-corrected chi connectivity index (χ2v) is 10.7. The van der Waals surface area contributed by atoms with Gasteiger partial charge in [0.1, 0.15) is 11.4 Å². The maximum Gasteiger partial charge on any atom is 0.123 e. The standard InChI is InChI=1S/C26H19FNO.C13H12N.Ir/c1-26(2,17-10-12-19(27)13-11-17)18-14-15-28-23(16-18)22-8-5-7-21-20-6-3-4-9-24(20)29-25(21)22;1-10-3-6-12(7-4-10)13-8-5-11(2)9-14-13;/h3-7,9-16H,1-2H3;3-6,8-9H,1-2H3;/q2*-1;/i;1D3,2D3;. The number of aromatic nitrogens is 2. The molecule has 0 amide bonds. The van der Waals surface area contributed by atoms with Crippen molar-refractivity contribution in [2.24, 2.45) is 0 Å². The van der Waals surface area contributed by atoms with Gasteiger partial charge in [0, 0.05) is 51.5 Å². The second kappa shape index (κ2) is 13.1. The third-order valence-corrected chi connectivity index (χ3v) is 7.49. The molecule has 0 saturated carbocycles. The summed E-state index contributed by atoms with van der Waals surface area (Å²) >= 11 is 0. The van der Waals surface area contributed by atoms with Crippen LogP contribution in [-0.2, 0) is 25.5 Å². The van der Waals surface area contributed by atoms with Crippen molar-refractivity contribution in [3.8, 4) is 22.5 Å². The Morgan fingerprint density at radius 3 is 2.30 bits per heavy atom. The van der Waals surface area contributed by atoms with Crippen molar-refractivity contribution >= 4 is 21.9 Å². The zero-order valence-electron chi connectivity index (χ0n) is 30.0. The molecule has 0 fully saturated rings. The van der Waals surface area contributed by atoms with Crippen LogP contribution in [0.5, 0.6) is 0 Å². The van der Waals surface area contributed by atoms with Crippen LogP contribution in [0.15, 0.2) is 120 Å². The van der Waals surface area contributed by atoms with Gasteiger partial charge in [0.25, 0.3) is 0 Å². The number of hydrogen-bond acceptors (Lipinski definition) is 3. The summed E-state index contributed by atoms with van der Waals surface area (Å²) in [7, 11) is 0.